The molecule has 5 rings (SSSR count). The molecular weight excluding hydrogens is 414 g/mol. The number of benzene rings is 4. The number of aryl methyl sites for hydroxylation is 1. The van der Waals surface area contributed by atoms with E-state index in [0.29, 0.717) is 0 Å². The molecule has 4 aromatic carbocycles. The summed E-state index contributed by atoms with van der Waals surface area (Å²) in [6.45, 7) is 6.31. The minimum atomic E-state index is 0.875. The highest BCUT2D eigenvalue weighted by Gasteiger charge is 2.14. The van der Waals surface area contributed by atoms with Crippen molar-refractivity contribution in [2.24, 2.45) is 4.99 Å². The zero-order chi connectivity index (χ0) is 23.5. The van der Waals surface area contributed by atoms with E-state index >= 15 is 0 Å². The monoisotopic (exact) mass is 441 g/mol. The van der Waals surface area contributed by atoms with Gasteiger partial charge in [0.1, 0.15) is 11.2 Å². The predicted molar refractivity (Wildman–Crippen MR) is 145 cm³/mol. The van der Waals surface area contributed by atoms with Crippen molar-refractivity contribution < 1.29 is 4.42 Å². The number of hydrogen-bond acceptors (Lipinski definition) is 2. The maximum Gasteiger partial charge on any atom is 0.136 e. The third-order valence-electron chi connectivity index (χ3n) is 6.13. The quantitative estimate of drug-likeness (QED) is 0.197. The van der Waals surface area contributed by atoms with E-state index in [-0.39, 0.29) is 0 Å². The van der Waals surface area contributed by atoms with Crippen LogP contribution in [-0.4, -0.2) is 5.71 Å². The Labute approximate surface area is 200 Å². The van der Waals surface area contributed by atoms with E-state index in [1.54, 1.807) is 0 Å². The molecule has 1 heterocycles. The third kappa shape index (κ3) is 4.35. The molecule has 0 N–H and O–H groups in total. The van der Waals surface area contributed by atoms with Crippen molar-refractivity contribution in [3.05, 3.63) is 131 Å². The first kappa shape index (κ1) is 21.7. The molecule has 166 valence electrons. The van der Waals surface area contributed by atoms with Gasteiger partial charge in [-0.25, -0.2) is 0 Å². The summed E-state index contributed by atoms with van der Waals surface area (Å²) in [6, 6.07) is 33.3. The first-order valence-corrected chi connectivity index (χ1v) is 11.6. The molecule has 0 amide bonds. The van der Waals surface area contributed by atoms with E-state index in [1.165, 1.54) is 16.7 Å². The molecular formula is C32H27NO. The number of hydrogen-bond donors (Lipinski definition) is 0. The van der Waals surface area contributed by atoms with Crippen molar-refractivity contribution in [3.63, 3.8) is 0 Å². The fraction of sp³-hybridized carbons (Fsp3) is 0.0938. The van der Waals surface area contributed by atoms with Gasteiger partial charge in [-0.15, -0.1) is 0 Å². The zero-order valence-electron chi connectivity index (χ0n) is 19.7. The number of nitrogens with zero attached hydrogens (tertiary/aromatic N) is 1. The first-order valence-electron chi connectivity index (χ1n) is 11.6. The number of fused-ring (bicyclic) bond motifs is 3. The van der Waals surface area contributed by atoms with Crippen LogP contribution in [0.2, 0.25) is 0 Å². The van der Waals surface area contributed by atoms with Crippen molar-refractivity contribution in [1.29, 1.82) is 0 Å². The van der Waals surface area contributed by atoms with Crippen molar-refractivity contribution >= 4 is 38.9 Å². The molecule has 0 saturated carbocycles. The Morgan fingerprint density at radius 2 is 1.41 bits per heavy atom. The summed E-state index contributed by atoms with van der Waals surface area (Å²) in [6.07, 6.45) is 4.27. The minimum Gasteiger partial charge on any atom is -0.456 e. The Hall–Kier alpha value is -4.17. The maximum absolute atomic E-state index is 6.19. The molecule has 0 fully saturated rings. The number of allylic oxidation sites excluding steroid dienone is 3. The van der Waals surface area contributed by atoms with Crippen molar-refractivity contribution in [1.82, 2.24) is 0 Å². The highest BCUT2D eigenvalue weighted by molar-refractivity contribution is 6.11. The van der Waals surface area contributed by atoms with Gasteiger partial charge >= 0.3 is 0 Å². The molecule has 0 atom stereocenters. The van der Waals surface area contributed by atoms with Gasteiger partial charge in [-0.05, 0) is 61.7 Å². The molecule has 2 nitrogen and oxygen atoms in total. The lowest BCUT2D eigenvalue weighted by molar-refractivity contribution is 0.669. The van der Waals surface area contributed by atoms with Crippen LogP contribution < -0.4 is 0 Å². The summed E-state index contributed by atoms with van der Waals surface area (Å²) in [4.78, 5) is 5.13. The molecule has 34 heavy (non-hydrogen) atoms. The standard InChI is InChI=1S/C32H27NO/c1-22-17-20-30-28(21-22)32-27(15-10-16-31(32)34-30)29(33-24(3)26-13-8-5-9-14-26)19-18-23(2)25-11-6-4-7-12-25/h4-21H,1-3H3/b23-18+,29-19-,33-24?. The van der Waals surface area contributed by atoms with Crippen LogP contribution in [0.3, 0.4) is 0 Å². The second-order valence-corrected chi connectivity index (χ2v) is 8.61. The molecule has 1 aromatic heterocycles. The first-order chi connectivity index (χ1) is 16.6. The Morgan fingerprint density at radius 1 is 0.706 bits per heavy atom. The average molecular weight is 442 g/mol. The smallest absolute Gasteiger partial charge is 0.136 e. The zero-order valence-corrected chi connectivity index (χ0v) is 19.7. The van der Waals surface area contributed by atoms with Gasteiger partial charge in [0, 0.05) is 22.0 Å². The fourth-order valence-corrected chi connectivity index (χ4v) is 4.27. The Morgan fingerprint density at radius 3 is 2.15 bits per heavy atom. The minimum absolute atomic E-state index is 0.875. The van der Waals surface area contributed by atoms with Crippen LogP contribution in [0.5, 0.6) is 0 Å². The molecule has 0 aliphatic carbocycles. The molecule has 0 aliphatic heterocycles. The largest absolute Gasteiger partial charge is 0.456 e. The molecule has 0 unspecified atom stereocenters. The van der Waals surface area contributed by atoms with Gasteiger partial charge in [-0.2, -0.15) is 0 Å². The van der Waals surface area contributed by atoms with Gasteiger partial charge in [0.25, 0.3) is 0 Å². The Bertz CT molecular complexity index is 1550. The average Bonchev–Trinajstić information content (AvgIpc) is 3.25. The van der Waals surface area contributed by atoms with Crippen molar-refractivity contribution in [3.8, 4) is 0 Å². The number of rotatable bonds is 5. The maximum atomic E-state index is 6.19. The van der Waals surface area contributed by atoms with Crippen molar-refractivity contribution in [2.45, 2.75) is 20.8 Å². The summed E-state index contributed by atoms with van der Waals surface area (Å²) in [5.74, 6) is 0. The number of aliphatic imine (C=N–C) groups is 1. The van der Waals surface area contributed by atoms with E-state index in [1.807, 2.05) is 36.4 Å². The molecule has 0 bridgehead atoms. The summed E-state index contributed by atoms with van der Waals surface area (Å²) in [7, 11) is 0. The van der Waals surface area contributed by atoms with E-state index in [4.69, 9.17) is 9.41 Å². The van der Waals surface area contributed by atoms with Crippen LogP contribution in [0.4, 0.5) is 0 Å². The van der Waals surface area contributed by atoms with E-state index in [9.17, 15) is 0 Å². The fourth-order valence-electron chi connectivity index (χ4n) is 4.27. The second kappa shape index (κ2) is 9.36. The lowest BCUT2D eigenvalue weighted by Gasteiger charge is -2.08. The van der Waals surface area contributed by atoms with E-state index in [0.717, 1.165) is 44.5 Å². The molecule has 2 heteroatoms. The van der Waals surface area contributed by atoms with Crippen LogP contribution in [0.15, 0.2) is 119 Å². The van der Waals surface area contributed by atoms with Crippen LogP contribution >= 0.6 is 0 Å². The van der Waals surface area contributed by atoms with Crippen LogP contribution in [0, 0.1) is 6.92 Å². The highest BCUT2D eigenvalue weighted by atomic mass is 16.3. The topological polar surface area (TPSA) is 25.5 Å². The van der Waals surface area contributed by atoms with Gasteiger partial charge in [0.2, 0.25) is 0 Å². The van der Waals surface area contributed by atoms with Crippen LogP contribution in [-0.2, 0) is 0 Å². The van der Waals surface area contributed by atoms with Crippen LogP contribution in [0.1, 0.15) is 36.1 Å². The Kier molecular flexibility index (Phi) is 5.97. The summed E-state index contributed by atoms with van der Waals surface area (Å²) in [5.41, 5.74) is 9.42. The lowest BCUT2D eigenvalue weighted by atomic mass is 10.0. The third-order valence-corrected chi connectivity index (χ3v) is 6.13. The van der Waals surface area contributed by atoms with Gasteiger partial charge in [-0.3, -0.25) is 4.99 Å². The summed E-state index contributed by atoms with van der Waals surface area (Å²) >= 11 is 0. The normalized spacial score (nSPS) is 13.1. The molecule has 5 aromatic rings. The molecule has 0 saturated heterocycles. The second-order valence-electron chi connectivity index (χ2n) is 8.61. The van der Waals surface area contributed by atoms with E-state index in [2.05, 4.69) is 93.6 Å². The van der Waals surface area contributed by atoms with Gasteiger partial charge in [-0.1, -0.05) is 90.5 Å². The van der Waals surface area contributed by atoms with Gasteiger partial charge in [0.15, 0.2) is 0 Å². The van der Waals surface area contributed by atoms with Crippen LogP contribution in [0.25, 0.3) is 33.2 Å². The number of furan rings is 1. The van der Waals surface area contributed by atoms with Gasteiger partial charge < -0.3 is 4.42 Å². The molecule has 0 aliphatic rings. The lowest BCUT2D eigenvalue weighted by Crippen LogP contribution is -1.95. The summed E-state index contributed by atoms with van der Waals surface area (Å²) < 4.78 is 6.19. The SMILES string of the molecule is CC(=N/C(=C\C=C(/C)c1ccccc1)c1cccc2oc3ccc(C)cc3c12)c1ccccc1. The summed E-state index contributed by atoms with van der Waals surface area (Å²) in [5, 5.41) is 2.22. The Balaban J connectivity index is 1.72. The molecule has 0 radical (unpaired) electrons. The van der Waals surface area contributed by atoms with Crippen molar-refractivity contribution in [2.75, 3.05) is 0 Å². The van der Waals surface area contributed by atoms with Gasteiger partial charge in [0.05, 0.1) is 5.70 Å². The molecule has 0 spiro atoms. The highest BCUT2D eigenvalue weighted by Crippen LogP contribution is 2.36. The van der Waals surface area contributed by atoms with E-state index < -0.39 is 0 Å². The predicted octanol–water partition coefficient (Wildman–Crippen LogP) is 8.85.